The van der Waals surface area contributed by atoms with Gasteiger partial charge in [-0.3, -0.25) is 0 Å². The molecule has 0 amide bonds. The van der Waals surface area contributed by atoms with Gasteiger partial charge in [-0.25, -0.2) is 9.97 Å². The van der Waals surface area contributed by atoms with Crippen molar-refractivity contribution >= 4 is 55.2 Å². The normalized spacial score (nSPS) is 17.8. The van der Waals surface area contributed by atoms with E-state index in [9.17, 15) is 0 Å². The van der Waals surface area contributed by atoms with Crippen LogP contribution in [-0.2, 0) is 5.41 Å². The Kier molecular flexibility index (Phi) is 6.08. The molecule has 2 unspecified atom stereocenters. The van der Waals surface area contributed by atoms with Gasteiger partial charge in [-0.05, 0) is 90.3 Å². The van der Waals surface area contributed by atoms with E-state index in [-0.39, 0.29) is 11.5 Å². The van der Waals surface area contributed by atoms with Gasteiger partial charge in [-0.1, -0.05) is 97.1 Å². The Hall–Kier alpha value is -6.72. The average Bonchev–Trinajstić information content (AvgIpc) is 3.83. The Morgan fingerprint density at radius 1 is 0.615 bits per heavy atom. The minimum Gasteiger partial charge on any atom is -0.452 e. The summed E-state index contributed by atoms with van der Waals surface area (Å²) < 4.78 is 8.63. The standard InChI is InChI=1S/C47H32N4O/c1-47-26-10-9-17-43(47)51(34-22-18-30(19-23-34)44-46-45(49-29-48-44)36-14-6-8-16-42(36)52-46)41-25-21-32(28-38(41)47)31-20-24-40-37(27-31)35-13-5-7-15-39(35)50(40)33-11-3-2-4-12-33/h2-29,43H,1H3. The fourth-order valence-corrected chi connectivity index (χ4v) is 8.65. The van der Waals surface area contributed by atoms with Crippen molar-refractivity contribution in [2.75, 3.05) is 4.90 Å². The molecule has 3 aromatic heterocycles. The molecule has 1 aliphatic carbocycles. The summed E-state index contributed by atoms with van der Waals surface area (Å²) in [7, 11) is 0. The first-order chi connectivity index (χ1) is 25.7. The third kappa shape index (κ3) is 4.11. The van der Waals surface area contributed by atoms with Crippen LogP contribution in [0.25, 0.3) is 71.9 Å². The number of hydrogen-bond donors (Lipinski definition) is 0. The number of para-hydroxylation sites is 3. The maximum absolute atomic E-state index is 6.26. The van der Waals surface area contributed by atoms with E-state index in [2.05, 4.69) is 166 Å². The molecule has 52 heavy (non-hydrogen) atoms. The van der Waals surface area contributed by atoms with Gasteiger partial charge in [0.2, 0.25) is 0 Å². The van der Waals surface area contributed by atoms with E-state index in [0.29, 0.717) is 5.58 Å². The fraction of sp³-hybridized carbons (Fsp3) is 0.0638. The summed E-state index contributed by atoms with van der Waals surface area (Å²) >= 11 is 0. The predicted molar refractivity (Wildman–Crippen MR) is 213 cm³/mol. The third-order valence-electron chi connectivity index (χ3n) is 11.2. The molecule has 246 valence electrons. The molecule has 1 aliphatic heterocycles. The first-order valence-corrected chi connectivity index (χ1v) is 17.8. The van der Waals surface area contributed by atoms with Gasteiger partial charge in [-0.15, -0.1) is 0 Å². The summed E-state index contributed by atoms with van der Waals surface area (Å²) in [6.45, 7) is 2.37. The first kappa shape index (κ1) is 29.1. The van der Waals surface area contributed by atoms with Crippen LogP contribution in [0.15, 0.2) is 175 Å². The average molecular weight is 669 g/mol. The monoisotopic (exact) mass is 668 g/mol. The quantitative estimate of drug-likeness (QED) is 0.187. The van der Waals surface area contributed by atoms with Gasteiger partial charge in [0.15, 0.2) is 5.58 Å². The second kappa shape index (κ2) is 10.9. The lowest BCUT2D eigenvalue weighted by atomic mass is 9.75. The number of allylic oxidation sites excluding steroid dienone is 2. The lowest BCUT2D eigenvalue weighted by Gasteiger charge is -2.34. The van der Waals surface area contributed by atoms with Crippen LogP contribution in [0, 0.1) is 0 Å². The summed E-state index contributed by atoms with van der Waals surface area (Å²) in [5.41, 5.74) is 13.7. The Labute approximate surface area is 300 Å². The van der Waals surface area contributed by atoms with Crippen LogP contribution in [-0.4, -0.2) is 20.6 Å². The molecule has 0 spiro atoms. The predicted octanol–water partition coefficient (Wildman–Crippen LogP) is 11.7. The van der Waals surface area contributed by atoms with Crippen LogP contribution in [0.4, 0.5) is 11.4 Å². The maximum atomic E-state index is 6.26. The summed E-state index contributed by atoms with van der Waals surface area (Å²) in [4.78, 5) is 11.7. The van der Waals surface area contributed by atoms with Crippen molar-refractivity contribution in [1.82, 2.24) is 14.5 Å². The number of aromatic nitrogens is 3. The number of benzene rings is 6. The summed E-state index contributed by atoms with van der Waals surface area (Å²) in [5, 5.41) is 3.52. The van der Waals surface area contributed by atoms with Crippen molar-refractivity contribution in [3.05, 3.63) is 176 Å². The maximum Gasteiger partial charge on any atom is 0.180 e. The van der Waals surface area contributed by atoms with Crippen molar-refractivity contribution in [3.63, 3.8) is 0 Å². The lowest BCUT2D eigenvalue weighted by molar-refractivity contribution is 0.551. The molecule has 4 heterocycles. The smallest absolute Gasteiger partial charge is 0.180 e. The number of nitrogens with zero attached hydrogens (tertiary/aromatic N) is 4. The van der Waals surface area contributed by atoms with Crippen molar-refractivity contribution in [2.45, 2.75) is 18.4 Å². The number of rotatable bonds is 4. The highest BCUT2D eigenvalue weighted by molar-refractivity contribution is 6.10. The van der Waals surface area contributed by atoms with Crippen LogP contribution in [0.3, 0.4) is 0 Å². The van der Waals surface area contributed by atoms with Crippen molar-refractivity contribution in [2.24, 2.45) is 0 Å². The molecule has 6 aromatic carbocycles. The second-order valence-electron chi connectivity index (χ2n) is 14.0. The Morgan fingerprint density at radius 3 is 2.23 bits per heavy atom. The number of furan rings is 1. The Bertz CT molecular complexity index is 2930. The van der Waals surface area contributed by atoms with Gasteiger partial charge in [-0.2, -0.15) is 0 Å². The van der Waals surface area contributed by atoms with Crippen LogP contribution in [0.1, 0.15) is 12.5 Å². The van der Waals surface area contributed by atoms with E-state index >= 15 is 0 Å². The minimum atomic E-state index is -0.195. The molecule has 0 N–H and O–H groups in total. The van der Waals surface area contributed by atoms with E-state index in [4.69, 9.17) is 4.42 Å². The zero-order valence-corrected chi connectivity index (χ0v) is 28.4. The van der Waals surface area contributed by atoms with E-state index < -0.39 is 0 Å². The summed E-state index contributed by atoms with van der Waals surface area (Å²) in [6, 6.07) is 50.2. The number of anilines is 2. The Morgan fingerprint density at radius 2 is 1.35 bits per heavy atom. The molecule has 0 saturated carbocycles. The van der Waals surface area contributed by atoms with Crippen LogP contribution in [0.2, 0.25) is 0 Å². The Balaban J connectivity index is 1.00. The summed E-state index contributed by atoms with van der Waals surface area (Å²) in [6.07, 6.45) is 10.7. The van der Waals surface area contributed by atoms with E-state index in [1.165, 1.54) is 49.9 Å². The molecular formula is C47H32N4O. The molecule has 2 atom stereocenters. The zero-order chi connectivity index (χ0) is 34.4. The highest BCUT2D eigenvalue weighted by Gasteiger charge is 2.46. The molecule has 0 saturated heterocycles. The van der Waals surface area contributed by atoms with Crippen molar-refractivity contribution < 1.29 is 4.42 Å². The number of hydrogen-bond acceptors (Lipinski definition) is 4. The van der Waals surface area contributed by atoms with E-state index in [1.807, 2.05) is 24.3 Å². The minimum absolute atomic E-state index is 0.140. The molecule has 0 bridgehead atoms. The topological polar surface area (TPSA) is 47.1 Å². The van der Waals surface area contributed by atoms with Crippen molar-refractivity contribution in [1.29, 1.82) is 0 Å². The van der Waals surface area contributed by atoms with E-state index in [0.717, 1.165) is 33.4 Å². The highest BCUT2D eigenvalue weighted by atomic mass is 16.3. The lowest BCUT2D eigenvalue weighted by Crippen LogP contribution is -2.39. The van der Waals surface area contributed by atoms with Gasteiger partial charge in [0, 0.05) is 44.2 Å². The molecular weight excluding hydrogens is 637 g/mol. The first-order valence-electron chi connectivity index (χ1n) is 17.8. The molecule has 2 aliphatic rings. The molecule has 9 aromatic rings. The van der Waals surface area contributed by atoms with Crippen LogP contribution in [0.5, 0.6) is 0 Å². The van der Waals surface area contributed by atoms with E-state index in [1.54, 1.807) is 6.33 Å². The largest absolute Gasteiger partial charge is 0.452 e. The zero-order valence-electron chi connectivity index (χ0n) is 28.4. The highest BCUT2D eigenvalue weighted by Crippen LogP contribution is 2.52. The van der Waals surface area contributed by atoms with Crippen LogP contribution >= 0.6 is 0 Å². The van der Waals surface area contributed by atoms with Gasteiger partial charge in [0.05, 0.1) is 17.1 Å². The third-order valence-corrected chi connectivity index (χ3v) is 11.2. The second-order valence-corrected chi connectivity index (χ2v) is 14.0. The van der Waals surface area contributed by atoms with Gasteiger partial charge >= 0.3 is 0 Å². The fourth-order valence-electron chi connectivity index (χ4n) is 8.65. The molecule has 5 nitrogen and oxygen atoms in total. The summed E-state index contributed by atoms with van der Waals surface area (Å²) in [5.74, 6) is 0. The van der Waals surface area contributed by atoms with Crippen LogP contribution < -0.4 is 4.90 Å². The van der Waals surface area contributed by atoms with Crippen molar-refractivity contribution in [3.8, 4) is 28.1 Å². The molecule has 0 radical (unpaired) electrons. The van der Waals surface area contributed by atoms with Gasteiger partial charge < -0.3 is 13.9 Å². The molecule has 0 fully saturated rings. The SMILES string of the molecule is CC12C=CC=CC1N(c1ccc(-c3ncnc4c3oc3ccccc34)cc1)c1ccc(-c3ccc4c(c3)c3ccccc3n4-c3ccccc3)cc12. The molecule has 11 rings (SSSR count). The molecule has 5 heteroatoms. The number of fused-ring (bicyclic) bond motifs is 9. The van der Waals surface area contributed by atoms with Gasteiger partial charge in [0.1, 0.15) is 23.1 Å². The van der Waals surface area contributed by atoms with Gasteiger partial charge in [0.25, 0.3) is 0 Å².